The van der Waals surface area contributed by atoms with Crippen LogP contribution >= 0.6 is 11.8 Å². The van der Waals surface area contributed by atoms with E-state index in [-0.39, 0.29) is 13.2 Å². The Morgan fingerprint density at radius 3 is 2.28 bits per heavy atom. The Kier molecular flexibility index (Phi) is 10.3. The van der Waals surface area contributed by atoms with Crippen LogP contribution in [0.2, 0.25) is 0 Å². The van der Waals surface area contributed by atoms with Crippen molar-refractivity contribution < 1.29 is 42.9 Å². The Morgan fingerprint density at radius 2 is 1.67 bits per heavy atom. The maximum Gasteiger partial charge on any atom is 0.303 e. The number of amides is 1. The summed E-state index contributed by atoms with van der Waals surface area (Å²) in [4.78, 5) is 47.6. The number of benzene rings is 1. The number of hydrogen-bond acceptors (Lipinski definition) is 12. The van der Waals surface area contributed by atoms with Crippen molar-refractivity contribution in [3.63, 3.8) is 0 Å². The second-order valence-corrected chi connectivity index (χ2v) is 9.92. The molecule has 39 heavy (non-hydrogen) atoms. The fourth-order valence-corrected chi connectivity index (χ4v) is 5.06. The molecule has 0 spiro atoms. The fourth-order valence-electron chi connectivity index (χ4n) is 3.93. The van der Waals surface area contributed by atoms with Gasteiger partial charge in [-0.1, -0.05) is 30.0 Å². The average molecular weight is 565 g/mol. The first-order valence-corrected chi connectivity index (χ1v) is 13.0. The lowest BCUT2D eigenvalue weighted by Crippen LogP contribution is -2.65. The maximum atomic E-state index is 12.1. The molecule has 2 heterocycles. The molecular weight excluding hydrogens is 532 g/mol. The predicted octanol–water partition coefficient (Wildman–Crippen LogP) is 1.45. The number of aromatic nitrogens is 3. The van der Waals surface area contributed by atoms with Crippen molar-refractivity contribution >= 4 is 35.6 Å². The molecule has 0 saturated carbocycles. The Labute approximate surface area is 229 Å². The van der Waals surface area contributed by atoms with Crippen molar-refractivity contribution in [3.8, 4) is 5.75 Å². The second kappa shape index (κ2) is 13.4. The number of nitrogens with one attached hydrogen (secondary N) is 1. The molecule has 5 atom stereocenters. The van der Waals surface area contributed by atoms with E-state index in [4.69, 9.17) is 23.7 Å². The molecule has 1 fully saturated rings. The molecule has 1 amide bonds. The van der Waals surface area contributed by atoms with Gasteiger partial charge in [0.15, 0.2) is 23.2 Å². The number of carbonyl (C=O) groups is 4. The lowest BCUT2D eigenvalue weighted by Gasteiger charge is -2.44. The van der Waals surface area contributed by atoms with Gasteiger partial charge in [-0.25, -0.2) is 0 Å². The number of hydrogen-bond donors (Lipinski definition) is 1. The third-order valence-electron chi connectivity index (χ3n) is 5.67. The quantitative estimate of drug-likeness (QED) is 0.328. The van der Waals surface area contributed by atoms with Gasteiger partial charge >= 0.3 is 17.9 Å². The highest BCUT2D eigenvalue weighted by Crippen LogP contribution is 2.35. The van der Waals surface area contributed by atoms with Crippen molar-refractivity contribution in [2.45, 2.75) is 76.2 Å². The third-order valence-corrected chi connectivity index (χ3v) is 6.87. The zero-order valence-corrected chi connectivity index (χ0v) is 23.4. The molecule has 0 aliphatic carbocycles. The molecule has 1 aromatic carbocycles. The standard InChI is InChI=1S/C25H32N4O9S/c1-13-9-7-8-10-18(13)35-12-20-27-28-25(29(20)6)39-24-21(26-14(2)30)23(37-17(5)33)22(36-16(4)32)19(38-24)11-34-15(3)31/h7-10,19,21-24H,11-12H2,1-6H3,(H,26,30)/t19-,21+,22+,23-,24-/m0/s1. The van der Waals surface area contributed by atoms with Gasteiger partial charge in [-0.05, 0) is 18.6 Å². The molecule has 1 saturated heterocycles. The van der Waals surface area contributed by atoms with Gasteiger partial charge in [-0.15, -0.1) is 10.2 Å². The first-order valence-electron chi connectivity index (χ1n) is 12.1. The highest BCUT2D eigenvalue weighted by atomic mass is 32.2. The van der Waals surface area contributed by atoms with Crippen LogP contribution in [0.1, 0.15) is 39.1 Å². The minimum atomic E-state index is -1.17. The van der Waals surface area contributed by atoms with Crippen LogP contribution in [-0.2, 0) is 51.8 Å². The van der Waals surface area contributed by atoms with Gasteiger partial charge < -0.3 is 33.6 Å². The minimum Gasteiger partial charge on any atom is -0.485 e. The molecule has 212 valence electrons. The molecule has 1 aliphatic rings. The molecule has 3 rings (SSSR count). The molecule has 1 N–H and O–H groups in total. The van der Waals surface area contributed by atoms with Crippen LogP contribution in [0, 0.1) is 6.92 Å². The van der Waals surface area contributed by atoms with Crippen LogP contribution < -0.4 is 10.1 Å². The van der Waals surface area contributed by atoms with Crippen molar-refractivity contribution in [3.05, 3.63) is 35.7 Å². The third kappa shape index (κ3) is 8.17. The van der Waals surface area contributed by atoms with Gasteiger partial charge in [0.2, 0.25) is 5.91 Å². The summed E-state index contributed by atoms with van der Waals surface area (Å²) in [6.45, 7) is 6.68. The predicted molar refractivity (Wildman–Crippen MR) is 136 cm³/mol. The number of aryl methyl sites for hydroxylation is 1. The Bertz CT molecular complexity index is 1200. The number of carbonyl (C=O) groups excluding carboxylic acids is 4. The Hall–Kier alpha value is -3.65. The molecule has 0 unspecified atom stereocenters. The van der Waals surface area contributed by atoms with Gasteiger partial charge in [-0.2, -0.15) is 0 Å². The summed E-state index contributed by atoms with van der Waals surface area (Å²) in [6.07, 6.45) is -3.34. The van der Waals surface area contributed by atoms with E-state index >= 15 is 0 Å². The molecule has 13 nitrogen and oxygen atoms in total. The summed E-state index contributed by atoms with van der Waals surface area (Å²) in [5.41, 5.74) is 0.0688. The molecule has 1 aromatic heterocycles. The van der Waals surface area contributed by atoms with E-state index in [2.05, 4.69) is 15.5 Å². The summed E-state index contributed by atoms with van der Waals surface area (Å²) < 4.78 is 29.9. The number of para-hydroxylation sites is 1. The van der Waals surface area contributed by atoms with E-state index in [1.165, 1.54) is 27.7 Å². The highest BCUT2D eigenvalue weighted by molar-refractivity contribution is 7.99. The number of rotatable bonds is 10. The second-order valence-electron chi connectivity index (χ2n) is 8.85. The van der Waals surface area contributed by atoms with Crippen LogP contribution in [0.15, 0.2) is 29.4 Å². The highest BCUT2D eigenvalue weighted by Gasteiger charge is 2.51. The molecule has 0 bridgehead atoms. The molecule has 0 radical (unpaired) electrons. The van der Waals surface area contributed by atoms with Crippen molar-refractivity contribution in [2.75, 3.05) is 6.61 Å². The average Bonchev–Trinajstić information content (AvgIpc) is 3.19. The zero-order chi connectivity index (χ0) is 28.7. The van der Waals surface area contributed by atoms with Gasteiger partial charge in [0.05, 0.1) is 0 Å². The van der Waals surface area contributed by atoms with Crippen LogP contribution in [0.3, 0.4) is 0 Å². The molecule has 1 aliphatic heterocycles. The number of nitrogens with zero attached hydrogens (tertiary/aromatic N) is 3. The van der Waals surface area contributed by atoms with Crippen LogP contribution in [0.5, 0.6) is 5.75 Å². The van der Waals surface area contributed by atoms with Gasteiger partial charge in [-0.3, -0.25) is 19.2 Å². The van der Waals surface area contributed by atoms with E-state index in [9.17, 15) is 19.2 Å². The Balaban J connectivity index is 1.89. The monoisotopic (exact) mass is 564 g/mol. The lowest BCUT2D eigenvalue weighted by atomic mass is 9.97. The van der Waals surface area contributed by atoms with E-state index in [0.717, 1.165) is 17.3 Å². The summed E-state index contributed by atoms with van der Waals surface area (Å²) in [5.74, 6) is -1.12. The number of thioether (sulfide) groups is 1. The lowest BCUT2D eigenvalue weighted by molar-refractivity contribution is -0.211. The minimum absolute atomic E-state index is 0.148. The first kappa shape index (κ1) is 29.9. The molecule has 2 aromatic rings. The van der Waals surface area contributed by atoms with Gasteiger partial charge in [0.25, 0.3) is 0 Å². The van der Waals surface area contributed by atoms with Gasteiger partial charge in [0, 0.05) is 34.7 Å². The zero-order valence-electron chi connectivity index (χ0n) is 22.5. The molecular formula is C25H32N4O9S. The SMILES string of the molecule is CC(=O)N[C@@H]1[C@H](OC(C)=O)[C@H](OC(C)=O)[C@H](COC(C)=O)O[C@H]1Sc1nnc(COc2ccccc2C)n1C. The smallest absolute Gasteiger partial charge is 0.303 e. The van der Waals surface area contributed by atoms with E-state index in [0.29, 0.717) is 16.7 Å². The van der Waals surface area contributed by atoms with Crippen LogP contribution in [0.4, 0.5) is 0 Å². The maximum absolute atomic E-state index is 12.1. The van der Waals surface area contributed by atoms with Crippen LogP contribution in [0.25, 0.3) is 0 Å². The first-order chi connectivity index (χ1) is 18.5. The summed E-state index contributed by atoms with van der Waals surface area (Å²) in [6, 6.07) is 6.62. The van der Waals surface area contributed by atoms with Gasteiger partial charge in [0.1, 0.15) is 36.5 Å². The summed E-state index contributed by atoms with van der Waals surface area (Å²) >= 11 is 1.10. The topological polar surface area (TPSA) is 157 Å². The van der Waals surface area contributed by atoms with Crippen molar-refractivity contribution in [2.24, 2.45) is 7.05 Å². The van der Waals surface area contributed by atoms with E-state index < -0.39 is 53.6 Å². The molecule has 14 heteroatoms. The van der Waals surface area contributed by atoms with Crippen molar-refractivity contribution in [1.82, 2.24) is 20.1 Å². The number of ether oxygens (including phenoxy) is 5. The summed E-state index contributed by atoms with van der Waals surface area (Å²) in [5, 5.41) is 11.6. The largest absolute Gasteiger partial charge is 0.485 e. The normalized spacial score (nSPS) is 22.5. The van der Waals surface area contributed by atoms with Crippen LogP contribution in [-0.4, -0.2) is 75.0 Å². The van der Waals surface area contributed by atoms with E-state index in [1.54, 1.807) is 11.6 Å². The fraction of sp³-hybridized carbons (Fsp3) is 0.520. The number of esters is 3. The summed E-state index contributed by atoms with van der Waals surface area (Å²) in [7, 11) is 1.75. The van der Waals surface area contributed by atoms with E-state index in [1.807, 2.05) is 31.2 Å². The van der Waals surface area contributed by atoms with Crippen molar-refractivity contribution in [1.29, 1.82) is 0 Å². The Morgan fingerprint density at radius 1 is 1.00 bits per heavy atom.